The summed E-state index contributed by atoms with van der Waals surface area (Å²) in [4.78, 5) is 26.9. The molecule has 0 bridgehead atoms. The third-order valence-electron chi connectivity index (χ3n) is 4.92. The molecule has 0 aliphatic heterocycles. The Labute approximate surface area is 183 Å². The lowest BCUT2D eigenvalue weighted by Gasteiger charge is -2.31. The van der Waals surface area contributed by atoms with Gasteiger partial charge in [0.25, 0.3) is 0 Å². The highest BCUT2D eigenvalue weighted by Gasteiger charge is 2.29. The SMILES string of the molecule is CNC(=O)[C@@H](C)N(CCc1ccccc1)C(=O)CN(c1cccc(OC)c1)S(C)(=O)=O. The molecule has 2 aromatic rings. The van der Waals surface area contributed by atoms with Crippen molar-refractivity contribution in [1.82, 2.24) is 10.2 Å². The van der Waals surface area contributed by atoms with E-state index in [0.717, 1.165) is 16.1 Å². The average Bonchev–Trinajstić information content (AvgIpc) is 2.76. The van der Waals surface area contributed by atoms with E-state index < -0.39 is 28.5 Å². The van der Waals surface area contributed by atoms with E-state index in [0.29, 0.717) is 17.9 Å². The van der Waals surface area contributed by atoms with Crippen molar-refractivity contribution in [2.75, 3.05) is 37.8 Å². The zero-order valence-electron chi connectivity index (χ0n) is 18.2. The Morgan fingerprint density at radius 1 is 1.10 bits per heavy atom. The van der Waals surface area contributed by atoms with Crippen LogP contribution >= 0.6 is 0 Å². The Hall–Kier alpha value is -3.07. The van der Waals surface area contributed by atoms with Crippen LogP contribution in [-0.4, -0.2) is 64.7 Å². The molecule has 0 aromatic heterocycles. The van der Waals surface area contributed by atoms with E-state index in [1.807, 2.05) is 30.3 Å². The Morgan fingerprint density at radius 3 is 2.35 bits per heavy atom. The summed E-state index contributed by atoms with van der Waals surface area (Å²) in [5.74, 6) is -0.327. The summed E-state index contributed by atoms with van der Waals surface area (Å²) in [6, 6.07) is 15.3. The largest absolute Gasteiger partial charge is 0.497 e. The van der Waals surface area contributed by atoms with E-state index in [1.165, 1.54) is 19.1 Å². The molecule has 0 radical (unpaired) electrons. The molecule has 0 aliphatic rings. The molecule has 1 atom stereocenters. The van der Waals surface area contributed by atoms with Crippen LogP contribution in [0.5, 0.6) is 5.75 Å². The lowest BCUT2D eigenvalue weighted by molar-refractivity contribution is -0.138. The molecule has 0 heterocycles. The Bertz CT molecular complexity index is 995. The van der Waals surface area contributed by atoms with E-state index in [-0.39, 0.29) is 12.5 Å². The van der Waals surface area contributed by atoms with Gasteiger partial charge in [0.2, 0.25) is 21.8 Å². The minimum atomic E-state index is -3.76. The number of hydrogen-bond acceptors (Lipinski definition) is 5. The van der Waals surface area contributed by atoms with Crippen LogP contribution in [0.15, 0.2) is 54.6 Å². The summed E-state index contributed by atoms with van der Waals surface area (Å²) in [7, 11) is -0.785. The molecule has 0 saturated heterocycles. The van der Waals surface area contributed by atoms with Crippen LogP contribution in [0, 0.1) is 0 Å². The maximum Gasteiger partial charge on any atom is 0.244 e. The summed E-state index contributed by atoms with van der Waals surface area (Å²) >= 11 is 0. The van der Waals surface area contributed by atoms with Crippen LogP contribution in [0.25, 0.3) is 0 Å². The third-order valence-corrected chi connectivity index (χ3v) is 6.06. The first kappa shape index (κ1) is 24.2. The second-order valence-corrected chi connectivity index (χ2v) is 8.99. The fourth-order valence-electron chi connectivity index (χ4n) is 3.16. The normalized spacial score (nSPS) is 12.0. The van der Waals surface area contributed by atoms with Crippen LogP contribution in [0.3, 0.4) is 0 Å². The zero-order valence-corrected chi connectivity index (χ0v) is 19.1. The van der Waals surface area contributed by atoms with E-state index in [1.54, 1.807) is 31.2 Å². The van der Waals surface area contributed by atoms with Gasteiger partial charge in [-0.25, -0.2) is 8.42 Å². The first-order chi connectivity index (χ1) is 14.7. The maximum atomic E-state index is 13.2. The van der Waals surface area contributed by atoms with Crippen molar-refractivity contribution < 1.29 is 22.7 Å². The number of carbonyl (C=O) groups excluding carboxylic acids is 2. The molecule has 0 fully saturated rings. The van der Waals surface area contributed by atoms with Gasteiger partial charge in [0, 0.05) is 19.7 Å². The number of ether oxygens (including phenoxy) is 1. The van der Waals surface area contributed by atoms with E-state index >= 15 is 0 Å². The summed E-state index contributed by atoms with van der Waals surface area (Å²) in [6.45, 7) is 1.47. The maximum absolute atomic E-state index is 13.2. The van der Waals surface area contributed by atoms with Gasteiger partial charge < -0.3 is 15.0 Å². The molecular weight excluding hydrogens is 418 g/mol. The minimum absolute atomic E-state index is 0.271. The van der Waals surface area contributed by atoms with Gasteiger partial charge in [-0.15, -0.1) is 0 Å². The van der Waals surface area contributed by atoms with Gasteiger partial charge in [0.05, 0.1) is 19.1 Å². The van der Waals surface area contributed by atoms with Crippen LogP contribution < -0.4 is 14.4 Å². The number of methoxy groups -OCH3 is 1. The molecule has 0 saturated carbocycles. The highest BCUT2D eigenvalue weighted by molar-refractivity contribution is 7.92. The molecule has 9 heteroatoms. The second kappa shape index (κ2) is 10.8. The molecule has 2 aromatic carbocycles. The summed E-state index contributed by atoms with van der Waals surface area (Å²) in [5, 5.41) is 2.55. The van der Waals surface area contributed by atoms with Crippen LogP contribution in [-0.2, 0) is 26.0 Å². The number of nitrogens with zero attached hydrogens (tertiary/aromatic N) is 2. The summed E-state index contributed by atoms with van der Waals surface area (Å²) in [5.41, 5.74) is 1.32. The van der Waals surface area contributed by atoms with Gasteiger partial charge in [-0.2, -0.15) is 0 Å². The molecule has 0 unspecified atom stereocenters. The van der Waals surface area contributed by atoms with E-state index in [4.69, 9.17) is 4.74 Å². The monoisotopic (exact) mass is 447 g/mol. The predicted molar refractivity (Wildman–Crippen MR) is 121 cm³/mol. The minimum Gasteiger partial charge on any atom is -0.497 e. The van der Waals surface area contributed by atoms with Crippen molar-refractivity contribution in [2.45, 2.75) is 19.4 Å². The van der Waals surface area contributed by atoms with Crippen molar-refractivity contribution in [2.24, 2.45) is 0 Å². The third kappa shape index (κ3) is 6.71. The number of rotatable bonds is 10. The zero-order chi connectivity index (χ0) is 23.0. The molecule has 8 nitrogen and oxygen atoms in total. The van der Waals surface area contributed by atoms with Gasteiger partial charge in [-0.1, -0.05) is 36.4 Å². The van der Waals surface area contributed by atoms with Crippen LogP contribution in [0.1, 0.15) is 12.5 Å². The van der Waals surface area contributed by atoms with Gasteiger partial charge in [-0.05, 0) is 31.0 Å². The van der Waals surface area contributed by atoms with Crippen molar-refractivity contribution in [3.8, 4) is 5.75 Å². The summed E-state index contributed by atoms with van der Waals surface area (Å²) in [6.07, 6.45) is 1.57. The molecule has 1 N–H and O–H groups in total. The smallest absolute Gasteiger partial charge is 0.244 e. The van der Waals surface area contributed by atoms with Crippen molar-refractivity contribution in [1.29, 1.82) is 0 Å². The Balaban J connectivity index is 2.30. The number of carbonyl (C=O) groups is 2. The molecule has 0 spiro atoms. The summed E-state index contributed by atoms with van der Waals surface area (Å²) < 4.78 is 31.1. The number of sulfonamides is 1. The number of anilines is 1. The average molecular weight is 448 g/mol. The predicted octanol–water partition coefficient (Wildman–Crippen LogP) is 1.67. The number of benzene rings is 2. The number of hydrogen-bond donors (Lipinski definition) is 1. The first-order valence-corrected chi connectivity index (χ1v) is 11.7. The standard InChI is InChI=1S/C22H29N3O5S/c1-17(22(27)23-2)24(14-13-18-9-6-5-7-10-18)21(26)16-25(31(4,28)29)19-11-8-12-20(15-19)30-3/h5-12,15,17H,13-14,16H2,1-4H3,(H,23,27)/t17-/m1/s1. The van der Waals surface area contributed by atoms with Crippen molar-refractivity contribution in [3.05, 3.63) is 60.2 Å². The van der Waals surface area contributed by atoms with Crippen LogP contribution in [0.4, 0.5) is 5.69 Å². The highest BCUT2D eigenvalue weighted by atomic mass is 32.2. The van der Waals surface area contributed by atoms with E-state index in [9.17, 15) is 18.0 Å². The first-order valence-electron chi connectivity index (χ1n) is 9.84. The fourth-order valence-corrected chi connectivity index (χ4v) is 4.00. The molecular formula is C22H29N3O5S. The van der Waals surface area contributed by atoms with Crippen LogP contribution in [0.2, 0.25) is 0 Å². The molecule has 168 valence electrons. The number of likely N-dealkylation sites (N-methyl/N-ethyl adjacent to an activating group) is 1. The lowest BCUT2D eigenvalue weighted by Crippen LogP contribution is -2.51. The quantitative estimate of drug-likeness (QED) is 0.598. The Morgan fingerprint density at radius 2 is 1.77 bits per heavy atom. The van der Waals surface area contributed by atoms with Crippen molar-refractivity contribution >= 4 is 27.5 Å². The molecule has 2 rings (SSSR count). The molecule has 31 heavy (non-hydrogen) atoms. The van der Waals surface area contributed by atoms with Gasteiger partial charge in [0.1, 0.15) is 18.3 Å². The van der Waals surface area contributed by atoms with Gasteiger partial charge in [0.15, 0.2) is 0 Å². The fraction of sp³-hybridized carbons (Fsp3) is 0.364. The topological polar surface area (TPSA) is 96.0 Å². The second-order valence-electron chi connectivity index (χ2n) is 7.08. The van der Waals surface area contributed by atoms with Crippen molar-refractivity contribution in [3.63, 3.8) is 0 Å². The number of amides is 2. The van der Waals surface area contributed by atoms with E-state index in [2.05, 4.69) is 5.32 Å². The highest BCUT2D eigenvalue weighted by Crippen LogP contribution is 2.23. The van der Waals surface area contributed by atoms with Gasteiger partial charge in [-0.3, -0.25) is 13.9 Å². The number of nitrogens with one attached hydrogen (secondary N) is 1. The lowest BCUT2D eigenvalue weighted by atomic mass is 10.1. The van der Waals surface area contributed by atoms with Gasteiger partial charge >= 0.3 is 0 Å². The molecule has 2 amide bonds. The molecule has 0 aliphatic carbocycles. The Kier molecular flexibility index (Phi) is 8.44.